The first-order valence-corrected chi connectivity index (χ1v) is 6.50. The molecule has 15 heavy (non-hydrogen) atoms. The van der Waals surface area contributed by atoms with Gasteiger partial charge in [-0.15, -0.1) is 11.3 Å². The molecule has 0 aliphatic heterocycles. The Kier molecular flexibility index (Phi) is 5.91. The van der Waals surface area contributed by atoms with Crippen LogP contribution in [0.15, 0.2) is 17.5 Å². The molecular formula is C12H22N2S. The lowest BCUT2D eigenvalue weighted by molar-refractivity contribution is 0.331. The zero-order chi connectivity index (χ0) is 11.1. The second-order valence-corrected chi connectivity index (χ2v) is 5.27. The minimum Gasteiger partial charge on any atom is -0.313 e. The molecule has 0 spiro atoms. The monoisotopic (exact) mass is 226 g/mol. The van der Waals surface area contributed by atoms with Crippen LogP contribution in [0.5, 0.6) is 0 Å². The fraction of sp³-hybridized carbons (Fsp3) is 0.667. The van der Waals surface area contributed by atoms with Crippen LogP contribution in [0.1, 0.15) is 18.7 Å². The molecule has 0 radical (unpaired) electrons. The van der Waals surface area contributed by atoms with Crippen molar-refractivity contribution in [3.8, 4) is 0 Å². The van der Waals surface area contributed by atoms with Gasteiger partial charge in [0, 0.05) is 30.6 Å². The topological polar surface area (TPSA) is 15.3 Å². The second-order valence-electron chi connectivity index (χ2n) is 4.24. The van der Waals surface area contributed by atoms with Crippen molar-refractivity contribution >= 4 is 11.3 Å². The van der Waals surface area contributed by atoms with Crippen molar-refractivity contribution in [2.24, 2.45) is 0 Å². The molecule has 1 rings (SSSR count). The van der Waals surface area contributed by atoms with Crippen molar-refractivity contribution in [2.75, 3.05) is 26.7 Å². The molecular weight excluding hydrogens is 204 g/mol. The smallest absolute Gasteiger partial charge is 0.0104 e. The van der Waals surface area contributed by atoms with Gasteiger partial charge in [0.2, 0.25) is 0 Å². The Bertz CT molecular complexity index is 244. The maximum atomic E-state index is 3.43. The normalized spacial score (nSPS) is 11.5. The van der Waals surface area contributed by atoms with Gasteiger partial charge in [0.1, 0.15) is 0 Å². The lowest BCUT2D eigenvalue weighted by Crippen LogP contribution is -2.33. The Morgan fingerprint density at radius 3 is 2.80 bits per heavy atom. The molecule has 0 aromatic carbocycles. The summed E-state index contributed by atoms with van der Waals surface area (Å²) in [4.78, 5) is 3.87. The molecule has 0 saturated heterocycles. The third kappa shape index (κ3) is 5.92. The van der Waals surface area contributed by atoms with Gasteiger partial charge < -0.3 is 10.2 Å². The third-order valence-corrected chi connectivity index (χ3v) is 3.30. The van der Waals surface area contributed by atoms with Gasteiger partial charge in [-0.25, -0.2) is 0 Å². The van der Waals surface area contributed by atoms with E-state index in [1.165, 1.54) is 11.3 Å². The fourth-order valence-corrected chi connectivity index (χ4v) is 2.11. The number of rotatable bonds is 7. The molecule has 0 atom stereocenters. The van der Waals surface area contributed by atoms with Gasteiger partial charge in [-0.1, -0.05) is 19.9 Å². The minimum atomic E-state index is 0.593. The average Bonchev–Trinajstić information content (AvgIpc) is 2.66. The van der Waals surface area contributed by atoms with Crippen LogP contribution in [0.25, 0.3) is 0 Å². The first-order chi connectivity index (χ1) is 7.18. The van der Waals surface area contributed by atoms with E-state index >= 15 is 0 Å². The maximum absolute atomic E-state index is 3.43. The average molecular weight is 226 g/mol. The molecule has 1 aromatic heterocycles. The van der Waals surface area contributed by atoms with Crippen LogP contribution in [-0.2, 0) is 6.42 Å². The molecule has 0 aliphatic rings. The van der Waals surface area contributed by atoms with E-state index < -0.39 is 0 Å². The fourth-order valence-electron chi connectivity index (χ4n) is 1.41. The molecule has 1 heterocycles. The lowest BCUT2D eigenvalue weighted by Gasteiger charge is -2.17. The van der Waals surface area contributed by atoms with Crippen LogP contribution >= 0.6 is 11.3 Å². The largest absolute Gasteiger partial charge is 0.313 e. The van der Waals surface area contributed by atoms with Gasteiger partial charge in [0.05, 0.1) is 0 Å². The van der Waals surface area contributed by atoms with E-state index in [1.807, 2.05) is 11.3 Å². The van der Waals surface area contributed by atoms with E-state index in [1.54, 1.807) is 0 Å². The summed E-state index contributed by atoms with van der Waals surface area (Å²) in [5.74, 6) is 0. The summed E-state index contributed by atoms with van der Waals surface area (Å²) in [7, 11) is 2.19. The molecule has 0 unspecified atom stereocenters. The van der Waals surface area contributed by atoms with Crippen molar-refractivity contribution in [1.82, 2.24) is 10.2 Å². The van der Waals surface area contributed by atoms with Crippen molar-refractivity contribution in [1.29, 1.82) is 0 Å². The van der Waals surface area contributed by atoms with Crippen molar-refractivity contribution in [3.05, 3.63) is 22.4 Å². The zero-order valence-electron chi connectivity index (χ0n) is 9.99. The molecule has 0 fully saturated rings. The summed E-state index contributed by atoms with van der Waals surface area (Å²) >= 11 is 1.85. The van der Waals surface area contributed by atoms with Crippen molar-refractivity contribution in [3.63, 3.8) is 0 Å². The molecule has 1 aromatic rings. The zero-order valence-corrected chi connectivity index (χ0v) is 10.8. The highest BCUT2D eigenvalue weighted by Crippen LogP contribution is 2.09. The van der Waals surface area contributed by atoms with Gasteiger partial charge in [0.25, 0.3) is 0 Å². The SMILES string of the molecule is CC(C)NCCN(C)CCc1cccs1. The van der Waals surface area contributed by atoms with Crippen LogP contribution in [0.2, 0.25) is 0 Å². The molecule has 0 bridgehead atoms. The molecule has 0 amide bonds. The predicted molar refractivity (Wildman–Crippen MR) is 68.7 cm³/mol. The molecule has 3 heteroatoms. The maximum Gasteiger partial charge on any atom is 0.0104 e. The number of nitrogens with one attached hydrogen (secondary N) is 1. The third-order valence-electron chi connectivity index (χ3n) is 2.37. The summed E-state index contributed by atoms with van der Waals surface area (Å²) in [6, 6.07) is 4.93. The Morgan fingerprint density at radius 2 is 2.20 bits per heavy atom. The summed E-state index contributed by atoms with van der Waals surface area (Å²) in [5.41, 5.74) is 0. The lowest BCUT2D eigenvalue weighted by atomic mass is 10.3. The van der Waals surface area contributed by atoms with Crippen LogP contribution in [0, 0.1) is 0 Å². The summed E-state index contributed by atoms with van der Waals surface area (Å²) in [5, 5.41) is 5.58. The first-order valence-electron chi connectivity index (χ1n) is 5.63. The number of hydrogen-bond acceptors (Lipinski definition) is 3. The number of nitrogens with zero attached hydrogens (tertiary/aromatic N) is 1. The number of likely N-dealkylation sites (N-methyl/N-ethyl adjacent to an activating group) is 1. The Balaban J connectivity index is 2.06. The summed E-state index contributed by atoms with van der Waals surface area (Å²) in [6.07, 6.45) is 1.18. The van der Waals surface area contributed by atoms with Crippen molar-refractivity contribution < 1.29 is 0 Å². The van der Waals surface area contributed by atoms with Gasteiger partial charge >= 0.3 is 0 Å². The quantitative estimate of drug-likeness (QED) is 0.767. The van der Waals surface area contributed by atoms with E-state index in [-0.39, 0.29) is 0 Å². The molecule has 0 aliphatic carbocycles. The highest BCUT2D eigenvalue weighted by molar-refractivity contribution is 7.09. The Hall–Kier alpha value is -0.380. The molecule has 86 valence electrons. The Labute approximate surface area is 97.3 Å². The Morgan fingerprint density at radius 1 is 1.40 bits per heavy atom. The summed E-state index contributed by atoms with van der Waals surface area (Å²) in [6.45, 7) is 7.74. The summed E-state index contributed by atoms with van der Waals surface area (Å²) < 4.78 is 0. The van der Waals surface area contributed by atoms with Crippen LogP contribution in [0.3, 0.4) is 0 Å². The van der Waals surface area contributed by atoms with Gasteiger partial charge in [-0.2, -0.15) is 0 Å². The number of hydrogen-bond donors (Lipinski definition) is 1. The van der Waals surface area contributed by atoms with Gasteiger partial charge in [-0.05, 0) is 24.9 Å². The molecule has 1 N–H and O–H groups in total. The van der Waals surface area contributed by atoms with Crippen LogP contribution in [0.4, 0.5) is 0 Å². The van der Waals surface area contributed by atoms with Crippen molar-refractivity contribution in [2.45, 2.75) is 26.3 Å². The van der Waals surface area contributed by atoms with E-state index in [0.717, 1.165) is 19.6 Å². The highest BCUT2D eigenvalue weighted by atomic mass is 32.1. The second kappa shape index (κ2) is 6.99. The minimum absolute atomic E-state index is 0.593. The molecule has 2 nitrogen and oxygen atoms in total. The van der Waals surface area contributed by atoms with Gasteiger partial charge in [0.15, 0.2) is 0 Å². The van der Waals surface area contributed by atoms with E-state index in [4.69, 9.17) is 0 Å². The van der Waals surface area contributed by atoms with Crippen LogP contribution < -0.4 is 5.32 Å². The standard InChI is InChI=1S/C12H22N2S/c1-11(2)13-7-9-14(3)8-6-12-5-4-10-15-12/h4-5,10-11,13H,6-9H2,1-3H3. The predicted octanol–water partition coefficient (Wildman–Crippen LogP) is 2.22. The van der Waals surface area contributed by atoms with E-state index in [2.05, 4.69) is 48.6 Å². The number of thiophene rings is 1. The molecule has 0 saturated carbocycles. The van der Waals surface area contributed by atoms with Crippen LogP contribution in [-0.4, -0.2) is 37.6 Å². The first kappa shape index (κ1) is 12.7. The van der Waals surface area contributed by atoms with Gasteiger partial charge in [-0.3, -0.25) is 0 Å². The van der Waals surface area contributed by atoms with E-state index in [9.17, 15) is 0 Å². The highest BCUT2D eigenvalue weighted by Gasteiger charge is 2.00. The van der Waals surface area contributed by atoms with E-state index in [0.29, 0.717) is 6.04 Å².